The Balaban J connectivity index is 2.39. The number of rotatable bonds is 7. The van der Waals surface area contributed by atoms with Crippen molar-refractivity contribution in [2.24, 2.45) is 0 Å². The highest BCUT2D eigenvalue weighted by Gasteiger charge is 2.24. The smallest absolute Gasteiger partial charge is 0.239 e. The Morgan fingerprint density at radius 1 is 1.11 bits per heavy atom. The van der Waals surface area contributed by atoms with Gasteiger partial charge in [0.05, 0.1) is 5.54 Å². The van der Waals surface area contributed by atoms with Gasteiger partial charge in [-0.15, -0.1) is 0 Å². The Bertz CT molecular complexity index is 396. The minimum Gasteiger partial charge on any atom is -0.354 e. The number of benzene rings is 1. The molecule has 1 aromatic rings. The van der Waals surface area contributed by atoms with Gasteiger partial charge in [-0.05, 0) is 44.9 Å². The molecule has 0 heterocycles. The zero-order chi connectivity index (χ0) is 14.3. The summed E-state index contributed by atoms with van der Waals surface area (Å²) in [5.74, 6) is 0.0394. The van der Waals surface area contributed by atoms with Crippen molar-refractivity contribution in [3.8, 4) is 0 Å². The van der Waals surface area contributed by atoms with Crippen molar-refractivity contribution in [2.75, 3.05) is 13.6 Å². The molecule has 0 bridgehead atoms. The molecule has 0 aliphatic carbocycles. The molecule has 3 heteroatoms. The molecule has 0 aliphatic heterocycles. The van der Waals surface area contributed by atoms with Gasteiger partial charge in [0, 0.05) is 6.54 Å². The van der Waals surface area contributed by atoms with Gasteiger partial charge in [-0.2, -0.15) is 0 Å². The summed E-state index contributed by atoms with van der Waals surface area (Å²) in [4.78, 5) is 11.9. The lowest BCUT2D eigenvalue weighted by molar-refractivity contribution is -0.126. The van der Waals surface area contributed by atoms with Gasteiger partial charge in [-0.1, -0.05) is 37.6 Å². The van der Waals surface area contributed by atoms with Crippen molar-refractivity contribution >= 4 is 5.91 Å². The second-order valence-corrected chi connectivity index (χ2v) is 5.45. The third kappa shape index (κ3) is 5.03. The first-order valence-electron chi connectivity index (χ1n) is 7.04. The molecule has 19 heavy (non-hydrogen) atoms. The number of hydrogen-bond acceptors (Lipinski definition) is 2. The van der Waals surface area contributed by atoms with Gasteiger partial charge in [-0.25, -0.2) is 0 Å². The number of carbonyl (C=O) groups is 1. The van der Waals surface area contributed by atoms with Crippen LogP contribution in [0.1, 0.15) is 38.3 Å². The molecule has 0 saturated carbocycles. The minimum atomic E-state index is -0.509. The molecule has 0 aliphatic rings. The van der Waals surface area contributed by atoms with Crippen molar-refractivity contribution < 1.29 is 4.79 Å². The van der Waals surface area contributed by atoms with E-state index in [1.54, 1.807) is 7.05 Å². The number of carbonyl (C=O) groups excluding carboxylic acids is 1. The first kappa shape index (κ1) is 15.7. The van der Waals surface area contributed by atoms with E-state index < -0.39 is 5.54 Å². The van der Waals surface area contributed by atoms with Gasteiger partial charge < -0.3 is 10.6 Å². The molecule has 0 saturated heterocycles. The van der Waals surface area contributed by atoms with E-state index in [2.05, 4.69) is 41.8 Å². The molecule has 0 aromatic heterocycles. The summed E-state index contributed by atoms with van der Waals surface area (Å²) < 4.78 is 0. The Kier molecular flexibility index (Phi) is 6.03. The number of likely N-dealkylation sites (N-methyl/N-ethyl adjacent to an activating group) is 1. The topological polar surface area (TPSA) is 41.1 Å². The second-order valence-electron chi connectivity index (χ2n) is 5.45. The van der Waals surface area contributed by atoms with E-state index in [0.29, 0.717) is 6.54 Å². The molecule has 1 amide bonds. The Hall–Kier alpha value is -1.35. The first-order valence-corrected chi connectivity index (χ1v) is 7.04. The molecule has 0 unspecified atom stereocenters. The summed E-state index contributed by atoms with van der Waals surface area (Å²) in [7, 11) is 1.80. The zero-order valence-corrected chi connectivity index (χ0v) is 12.5. The highest BCUT2D eigenvalue weighted by molar-refractivity contribution is 5.85. The predicted molar refractivity (Wildman–Crippen MR) is 80.3 cm³/mol. The monoisotopic (exact) mass is 262 g/mol. The fourth-order valence-corrected chi connectivity index (χ4v) is 1.82. The fraction of sp³-hybridized carbons (Fsp3) is 0.562. The Morgan fingerprint density at radius 2 is 1.63 bits per heavy atom. The van der Waals surface area contributed by atoms with Crippen LogP contribution in [0.25, 0.3) is 0 Å². The van der Waals surface area contributed by atoms with Crippen LogP contribution in [0.3, 0.4) is 0 Å². The normalized spacial score (nSPS) is 11.4. The van der Waals surface area contributed by atoms with Crippen LogP contribution in [0.5, 0.6) is 0 Å². The van der Waals surface area contributed by atoms with Crippen LogP contribution in [0, 0.1) is 0 Å². The summed E-state index contributed by atoms with van der Waals surface area (Å²) >= 11 is 0. The van der Waals surface area contributed by atoms with E-state index in [-0.39, 0.29) is 5.91 Å². The summed E-state index contributed by atoms with van der Waals surface area (Å²) in [6.45, 7) is 6.62. The molecule has 0 atom stereocenters. The van der Waals surface area contributed by atoms with Crippen LogP contribution in [0.4, 0.5) is 0 Å². The maximum atomic E-state index is 11.9. The van der Waals surface area contributed by atoms with Crippen molar-refractivity contribution in [1.29, 1.82) is 0 Å². The molecule has 0 radical (unpaired) electrons. The van der Waals surface area contributed by atoms with E-state index in [1.165, 1.54) is 17.5 Å². The van der Waals surface area contributed by atoms with E-state index in [9.17, 15) is 4.79 Å². The van der Waals surface area contributed by atoms with Crippen LogP contribution in [-0.2, 0) is 17.6 Å². The third-order valence-electron chi connectivity index (χ3n) is 3.45. The number of nitrogens with one attached hydrogen (secondary N) is 2. The molecular weight excluding hydrogens is 236 g/mol. The largest absolute Gasteiger partial charge is 0.354 e. The van der Waals surface area contributed by atoms with E-state index >= 15 is 0 Å². The Morgan fingerprint density at radius 3 is 2.11 bits per heavy atom. The van der Waals surface area contributed by atoms with Crippen LogP contribution >= 0.6 is 0 Å². The van der Waals surface area contributed by atoms with Crippen LogP contribution in [0.15, 0.2) is 24.3 Å². The van der Waals surface area contributed by atoms with Gasteiger partial charge in [-0.3, -0.25) is 4.79 Å². The lowest BCUT2D eigenvalue weighted by atomic mass is 10.0. The fourth-order valence-electron chi connectivity index (χ4n) is 1.82. The number of hydrogen-bond donors (Lipinski definition) is 2. The SMILES string of the molecule is CCCc1ccc(CCNC(=O)C(C)(C)NC)cc1. The lowest BCUT2D eigenvalue weighted by Gasteiger charge is -2.22. The van der Waals surface area contributed by atoms with Gasteiger partial charge >= 0.3 is 0 Å². The molecular formula is C16H26N2O. The van der Waals surface area contributed by atoms with Gasteiger partial charge in [0.25, 0.3) is 0 Å². The van der Waals surface area contributed by atoms with Crippen molar-refractivity contribution in [2.45, 2.75) is 45.6 Å². The molecule has 0 spiro atoms. The van der Waals surface area contributed by atoms with Crippen LogP contribution < -0.4 is 10.6 Å². The number of amides is 1. The highest BCUT2D eigenvalue weighted by Crippen LogP contribution is 2.07. The third-order valence-corrected chi connectivity index (χ3v) is 3.45. The average Bonchev–Trinajstić information content (AvgIpc) is 2.41. The highest BCUT2D eigenvalue weighted by atomic mass is 16.2. The van der Waals surface area contributed by atoms with Crippen molar-refractivity contribution in [1.82, 2.24) is 10.6 Å². The maximum Gasteiger partial charge on any atom is 0.239 e. The molecule has 1 rings (SSSR count). The van der Waals surface area contributed by atoms with Crippen LogP contribution in [-0.4, -0.2) is 25.0 Å². The average molecular weight is 262 g/mol. The first-order chi connectivity index (χ1) is 8.99. The quantitative estimate of drug-likeness (QED) is 0.791. The summed E-state index contributed by atoms with van der Waals surface area (Å²) in [6, 6.07) is 8.66. The second kappa shape index (κ2) is 7.29. The minimum absolute atomic E-state index is 0.0394. The standard InChI is InChI=1S/C16H26N2O/c1-5-6-13-7-9-14(10-8-13)11-12-18-15(19)16(2,3)17-4/h7-10,17H,5-6,11-12H2,1-4H3,(H,18,19). The molecule has 2 N–H and O–H groups in total. The predicted octanol–water partition coefficient (Wildman–Crippen LogP) is 2.30. The summed E-state index contributed by atoms with van der Waals surface area (Å²) in [5, 5.41) is 5.96. The summed E-state index contributed by atoms with van der Waals surface area (Å²) in [5.41, 5.74) is 2.14. The van der Waals surface area contributed by atoms with E-state index in [4.69, 9.17) is 0 Å². The van der Waals surface area contributed by atoms with Crippen molar-refractivity contribution in [3.63, 3.8) is 0 Å². The van der Waals surface area contributed by atoms with Crippen LogP contribution in [0.2, 0.25) is 0 Å². The van der Waals surface area contributed by atoms with Gasteiger partial charge in [0.2, 0.25) is 5.91 Å². The van der Waals surface area contributed by atoms with Gasteiger partial charge in [0.15, 0.2) is 0 Å². The van der Waals surface area contributed by atoms with Gasteiger partial charge in [0.1, 0.15) is 0 Å². The zero-order valence-electron chi connectivity index (χ0n) is 12.5. The maximum absolute atomic E-state index is 11.9. The van der Waals surface area contributed by atoms with Crippen molar-refractivity contribution in [3.05, 3.63) is 35.4 Å². The Labute approximate surface area is 116 Å². The molecule has 0 fully saturated rings. The molecule has 1 aromatic carbocycles. The van der Waals surface area contributed by atoms with E-state index in [1.807, 2.05) is 13.8 Å². The van der Waals surface area contributed by atoms with E-state index in [0.717, 1.165) is 12.8 Å². The summed E-state index contributed by atoms with van der Waals surface area (Å²) in [6.07, 6.45) is 3.18. The number of aryl methyl sites for hydroxylation is 1. The molecule has 106 valence electrons. The lowest BCUT2D eigenvalue weighted by Crippen LogP contribution is -2.51. The molecule has 3 nitrogen and oxygen atoms in total.